The lowest BCUT2D eigenvalue weighted by Crippen LogP contribution is -2.42. The number of halogens is 1. The number of rotatable bonds is 3. The minimum Gasteiger partial charge on any atom is -0.392 e. The average molecular weight is 305 g/mol. The lowest BCUT2D eigenvalue weighted by molar-refractivity contribution is 0.108. The van der Waals surface area contributed by atoms with Gasteiger partial charge in [-0.05, 0) is 30.5 Å². The first kappa shape index (κ1) is 14.7. The molecule has 0 saturated carbocycles. The van der Waals surface area contributed by atoms with Crippen LogP contribution in [0.5, 0.6) is 0 Å². The van der Waals surface area contributed by atoms with Gasteiger partial charge in [0.05, 0.1) is 11.0 Å². The molecule has 0 spiro atoms. The summed E-state index contributed by atoms with van der Waals surface area (Å²) in [5.74, 6) is 0. The molecule has 0 aromatic heterocycles. The van der Waals surface area contributed by atoms with E-state index in [0.29, 0.717) is 30.0 Å². The zero-order chi connectivity index (χ0) is 14.0. The molecule has 1 aromatic carbocycles. The van der Waals surface area contributed by atoms with Crippen molar-refractivity contribution < 1.29 is 13.5 Å². The maximum Gasteiger partial charge on any atom is 0.243 e. The molecule has 1 aromatic rings. The molecular weight excluding hydrogens is 288 g/mol. The van der Waals surface area contributed by atoms with Crippen molar-refractivity contribution in [2.24, 2.45) is 5.73 Å². The van der Waals surface area contributed by atoms with Crippen molar-refractivity contribution >= 4 is 21.6 Å². The summed E-state index contributed by atoms with van der Waals surface area (Å²) in [4.78, 5) is 0.142. The third-order valence-corrected chi connectivity index (χ3v) is 5.45. The fourth-order valence-electron chi connectivity index (χ4n) is 2.14. The Balaban J connectivity index is 2.31. The van der Waals surface area contributed by atoms with Crippen molar-refractivity contribution in [3.8, 4) is 0 Å². The van der Waals surface area contributed by atoms with Gasteiger partial charge in [-0.3, -0.25) is 0 Å². The number of hydrogen-bond acceptors (Lipinski definition) is 4. The molecule has 1 heterocycles. The minimum atomic E-state index is -3.59. The van der Waals surface area contributed by atoms with Crippen molar-refractivity contribution in [1.29, 1.82) is 0 Å². The topological polar surface area (TPSA) is 83.6 Å². The molecule has 1 aliphatic heterocycles. The zero-order valence-electron chi connectivity index (χ0n) is 10.4. The number of sulfonamides is 1. The first-order valence-corrected chi connectivity index (χ1v) is 7.93. The Kier molecular flexibility index (Phi) is 4.47. The quantitative estimate of drug-likeness (QED) is 0.870. The second-order valence-corrected chi connectivity index (χ2v) is 6.96. The smallest absolute Gasteiger partial charge is 0.243 e. The summed E-state index contributed by atoms with van der Waals surface area (Å²) in [7, 11) is -3.59. The van der Waals surface area contributed by atoms with Crippen molar-refractivity contribution in [1.82, 2.24) is 4.31 Å². The summed E-state index contributed by atoms with van der Waals surface area (Å²) in [6.45, 7) is 0.829. The predicted octanol–water partition coefficient (Wildman–Crippen LogP) is 0.944. The molecule has 0 aliphatic carbocycles. The van der Waals surface area contributed by atoms with Crippen LogP contribution in [-0.2, 0) is 16.6 Å². The molecule has 0 amide bonds. The summed E-state index contributed by atoms with van der Waals surface area (Å²) in [6, 6.07) is 4.54. The molecule has 1 aliphatic rings. The van der Waals surface area contributed by atoms with E-state index in [2.05, 4.69) is 0 Å². The van der Waals surface area contributed by atoms with Crippen molar-refractivity contribution in [2.45, 2.75) is 30.4 Å². The summed E-state index contributed by atoms with van der Waals surface area (Å²) in [5.41, 5.74) is 6.20. The first-order valence-electron chi connectivity index (χ1n) is 6.12. The van der Waals surface area contributed by atoms with E-state index >= 15 is 0 Å². The Morgan fingerprint density at radius 1 is 1.47 bits per heavy atom. The largest absolute Gasteiger partial charge is 0.392 e. The lowest BCUT2D eigenvalue weighted by atomic mass is 10.1. The van der Waals surface area contributed by atoms with Gasteiger partial charge < -0.3 is 10.8 Å². The SMILES string of the molecule is NCc1ccc(S(=O)(=O)N2CCCC(O)C2)cc1Cl. The van der Waals surface area contributed by atoms with Crippen LogP contribution in [0.25, 0.3) is 0 Å². The van der Waals surface area contributed by atoms with Gasteiger partial charge in [-0.15, -0.1) is 0 Å². The molecular formula is C12H17ClN2O3S. The van der Waals surface area contributed by atoms with Gasteiger partial charge in [-0.1, -0.05) is 17.7 Å². The van der Waals surface area contributed by atoms with Gasteiger partial charge >= 0.3 is 0 Å². The van der Waals surface area contributed by atoms with E-state index in [0.717, 1.165) is 0 Å². The van der Waals surface area contributed by atoms with Gasteiger partial charge in [0.1, 0.15) is 0 Å². The lowest BCUT2D eigenvalue weighted by Gasteiger charge is -2.29. The molecule has 0 radical (unpaired) electrons. The van der Waals surface area contributed by atoms with E-state index in [4.69, 9.17) is 17.3 Å². The number of β-amino-alcohol motifs (C(OH)–C–C–N with tert-alkyl or cyclic N) is 1. The fraction of sp³-hybridized carbons (Fsp3) is 0.500. The zero-order valence-corrected chi connectivity index (χ0v) is 12.0. The van der Waals surface area contributed by atoms with Gasteiger partial charge in [0, 0.05) is 24.7 Å². The van der Waals surface area contributed by atoms with Crippen LogP contribution >= 0.6 is 11.6 Å². The van der Waals surface area contributed by atoms with Crippen LogP contribution in [0.15, 0.2) is 23.1 Å². The van der Waals surface area contributed by atoms with Gasteiger partial charge in [0.25, 0.3) is 0 Å². The molecule has 7 heteroatoms. The summed E-state index contributed by atoms with van der Waals surface area (Å²) < 4.78 is 26.1. The molecule has 3 N–H and O–H groups in total. The van der Waals surface area contributed by atoms with Crippen LogP contribution in [0, 0.1) is 0 Å². The molecule has 1 saturated heterocycles. The normalized spacial score (nSPS) is 21.5. The van der Waals surface area contributed by atoms with E-state index < -0.39 is 16.1 Å². The van der Waals surface area contributed by atoms with Crippen LogP contribution in [0.1, 0.15) is 18.4 Å². The van der Waals surface area contributed by atoms with Crippen molar-refractivity contribution in [2.75, 3.05) is 13.1 Å². The summed E-state index contributed by atoms with van der Waals surface area (Å²) in [5, 5.41) is 9.93. The Bertz CT molecular complexity index is 562. The van der Waals surface area contributed by atoms with Gasteiger partial charge in [0.15, 0.2) is 0 Å². The van der Waals surface area contributed by atoms with Crippen LogP contribution in [0.4, 0.5) is 0 Å². The molecule has 2 rings (SSSR count). The number of benzene rings is 1. The molecule has 106 valence electrons. The fourth-order valence-corrected chi connectivity index (χ4v) is 4.01. The molecule has 1 atom stereocenters. The highest BCUT2D eigenvalue weighted by molar-refractivity contribution is 7.89. The highest BCUT2D eigenvalue weighted by Gasteiger charge is 2.29. The van der Waals surface area contributed by atoms with Crippen molar-refractivity contribution in [3.63, 3.8) is 0 Å². The summed E-state index contributed by atoms with van der Waals surface area (Å²) >= 11 is 5.99. The number of aliphatic hydroxyl groups excluding tert-OH is 1. The van der Waals surface area contributed by atoms with E-state index in [1.807, 2.05) is 0 Å². The third-order valence-electron chi connectivity index (χ3n) is 3.24. The highest BCUT2D eigenvalue weighted by atomic mass is 35.5. The van der Waals surface area contributed by atoms with Crippen molar-refractivity contribution in [3.05, 3.63) is 28.8 Å². The maximum atomic E-state index is 12.4. The third kappa shape index (κ3) is 3.09. The Hall–Kier alpha value is -0.660. The highest BCUT2D eigenvalue weighted by Crippen LogP contribution is 2.25. The van der Waals surface area contributed by atoms with Gasteiger partial charge in [-0.2, -0.15) is 4.31 Å². The number of hydrogen-bond donors (Lipinski definition) is 2. The predicted molar refractivity (Wildman–Crippen MR) is 73.3 cm³/mol. The van der Waals surface area contributed by atoms with E-state index in [9.17, 15) is 13.5 Å². The van der Waals surface area contributed by atoms with E-state index in [1.54, 1.807) is 6.07 Å². The van der Waals surface area contributed by atoms with Crippen LogP contribution in [0.3, 0.4) is 0 Å². The monoisotopic (exact) mass is 304 g/mol. The Labute approximate surface area is 118 Å². The first-order chi connectivity index (χ1) is 8.95. The molecule has 19 heavy (non-hydrogen) atoms. The number of nitrogens with zero attached hydrogens (tertiary/aromatic N) is 1. The van der Waals surface area contributed by atoms with Crippen LogP contribution in [0.2, 0.25) is 5.02 Å². The molecule has 1 fully saturated rings. The maximum absolute atomic E-state index is 12.4. The van der Waals surface area contributed by atoms with Crippen LogP contribution in [-0.4, -0.2) is 37.0 Å². The Morgan fingerprint density at radius 3 is 2.79 bits per heavy atom. The number of aliphatic hydroxyl groups is 1. The molecule has 0 bridgehead atoms. The minimum absolute atomic E-state index is 0.137. The second-order valence-electron chi connectivity index (χ2n) is 4.62. The summed E-state index contributed by atoms with van der Waals surface area (Å²) in [6.07, 6.45) is 0.704. The Morgan fingerprint density at radius 2 is 2.21 bits per heavy atom. The second kappa shape index (κ2) is 5.76. The van der Waals surface area contributed by atoms with E-state index in [-0.39, 0.29) is 18.0 Å². The number of nitrogens with two attached hydrogens (primary N) is 1. The average Bonchev–Trinajstić information content (AvgIpc) is 2.38. The molecule has 1 unspecified atom stereocenters. The van der Waals surface area contributed by atoms with E-state index in [1.165, 1.54) is 16.4 Å². The van der Waals surface area contributed by atoms with Crippen LogP contribution < -0.4 is 5.73 Å². The molecule has 5 nitrogen and oxygen atoms in total. The number of piperidine rings is 1. The van der Waals surface area contributed by atoms with Gasteiger partial charge in [0.2, 0.25) is 10.0 Å². The van der Waals surface area contributed by atoms with Gasteiger partial charge in [-0.25, -0.2) is 8.42 Å². The standard InChI is InChI=1S/C12H17ClN2O3S/c13-12-6-11(4-3-9(12)7-14)19(17,18)15-5-1-2-10(16)8-15/h3-4,6,10,16H,1-2,5,7-8,14H2.